The summed E-state index contributed by atoms with van der Waals surface area (Å²) in [6.45, 7) is 0. The Morgan fingerprint density at radius 2 is 2.06 bits per heavy atom. The molecule has 0 spiro atoms. The maximum atomic E-state index is 11.2. The predicted octanol–water partition coefficient (Wildman–Crippen LogP) is 1.85. The third-order valence-corrected chi connectivity index (χ3v) is 3.78. The van der Waals surface area contributed by atoms with Crippen LogP contribution in [0.25, 0.3) is 0 Å². The van der Waals surface area contributed by atoms with Gasteiger partial charge in [-0.2, -0.15) is 0 Å². The molecule has 1 heterocycles. The molecular weight excluding hydrogens is 304 g/mol. The molecule has 0 aliphatic heterocycles. The lowest BCUT2D eigenvalue weighted by molar-refractivity contribution is 0.945. The Balaban J connectivity index is 2.34. The van der Waals surface area contributed by atoms with Gasteiger partial charge in [-0.1, -0.05) is 11.8 Å². The maximum absolute atomic E-state index is 11.2. The number of hydrogen-bond donors (Lipinski definition) is 3. The lowest BCUT2D eigenvalue weighted by atomic mass is 10.3. The first kappa shape index (κ1) is 12.0. The van der Waals surface area contributed by atoms with Gasteiger partial charge >= 0.3 is 0 Å². The van der Waals surface area contributed by atoms with E-state index in [9.17, 15) is 4.79 Å². The van der Waals surface area contributed by atoms with Crippen molar-refractivity contribution >= 4 is 39.2 Å². The van der Waals surface area contributed by atoms with Gasteiger partial charge in [-0.25, -0.2) is 4.98 Å². The molecule has 0 radical (unpaired) electrons. The Morgan fingerprint density at radius 3 is 2.71 bits per heavy atom. The van der Waals surface area contributed by atoms with Crippen LogP contribution in [0.4, 0.5) is 11.5 Å². The average molecular weight is 313 g/mol. The Kier molecular flexibility index (Phi) is 3.39. The van der Waals surface area contributed by atoms with Gasteiger partial charge in [0.2, 0.25) is 0 Å². The SMILES string of the molecule is Nc1ccc(Sc2nc(N)cc(=O)[nH]2)c(Br)c1. The minimum absolute atomic E-state index is 0.197. The Labute approximate surface area is 110 Å². The fraction of sp³-hybridized carbons (Fsp3) is 0. The molecule has 17 heavy (non-hydrogen) atoms. The number of anilines is 2. The van der Waals surface area contributed by atoms with E-state index >= 15 is 0 Å². The summed E-state index contributed by atoms with van der Waals surface area (Å²) in [5, 5.41) is 0.445. The van der Waals surface area contributed by atoms with Gasteiger partial charge in [-0.15, -0.1) is 0 Å². The fourth-order valence-corrected chi connectivity index (χ4v) is 2.65. The van der Waals surface area contributed by atoms with Crippen LogP contribution in [-0.2, 0) is 0 Å². The van der Waals surface area contributed by atoms with Crippen LogP contribution in [-0.4, -0.2) is 9.97 Å². The summed E-state index contributed by atoms with van der Waals surface area (Å²) in [6, 6.07) is 6.64. The lowest BCUT2D eigenvalue weighted by Crippen LogP contribution is -2.09. The number of nitrogens with zero attached hydrogens (tertiary/aromatic N) is 1. The first-order chi connectivity index (χ1) is 8.04. The summed E-state index contributed by atoms with van der Waals surface area (Å²) in [4.78, 5) is 18.7. The molecule has 5 N–H and O–H groups in total. The second-order valence-electron chi connectivity index (χ2n) is 3.27. The van der Waals surface area contributed by atoms with Gasteiger partial charge < -0.3 is 16.5 Å². The molecule has 88 valence electrons. The number of halogens is 1. The number of nitrogens with one attached hydrogen (secondary N) is 1. The third-order valence-electron chi connectivity index (χ3n) is 1.90. The monoisotopic (exact) mass is 312 g/mol. The average Bonchev–Trinajstić information content (AvgIpc) is 2.21. The highest BCUT2D eigenvalue weighted by Crippen LogP contribution is 2.32. The van der Waals surface area contributed by atoms with Crippen LogP contribution in [0.5, 0.6) is 0 Å². The third kappa shape index (κ3) is 3.01. The number of aromatic amines is 1. The number of hydrogen-bond acceptors (Lipinski definition) is 5. The molecular formula is C10H9BrN4OS. The van der Waals surface area contributed by atoms with E-state index in [4.69, 9.17) is 11.5 Å². The summed E-state index contributed by atoms with van der Waals surface area (Å²) in [5.74, 6) is 0.197. The second kappa shape index (κ2) is 4.80. The molecule has 0 bridgehead atoms. The zero-order chi connectivity index (χ0) is 12.4. The summed E-state index contributed by atoms with van der Waals surface area (Å²) in [6.07, 6.45) is 0. The second-order valence-corrected chi connectivity index (χ2v) is 5.15. The van der Waals surface area contributed by atoms with Crippen LogP contribution in [0.15, 0.2) is 43.6 Å². The van der Waals surface area contributed by atoms with Gasteiger partial charge in [0.05, 0.1) is 0 Å². The van der Waals surface area contributed by atoms with E-state index in [1.165, 1.54) is 17.8 Å². The minimum Gasteiger partial charge on any atom is -0.399 e. The number of nitrogens with two attached hydrogens (primary N) is 2. The number of rotatable bonds is 2. The summed E-state index contributed by atoms with van der Waals surface area (Å²) >= 11 is 4.69. The Morgan fingerprint density at radius 1 is 1.29 bits per heavy atom. The standard InChI is InChI=1S/C10H9BrN4OS/c11-6-3-5(12)1-2-7(6)17-10-14-8(13)4-9(16)15-10/h1-4H,12H2,(H3,13,14,15,16). The van der Waals surface area contributed by atoms with Crippen molar-refractivity contribution < 1.29 is 0 Å². The lowest BCUT2D eigenvalue weighted by Gasteiger charge is -2.04. The van der Waals surface area contributed by atoms with Crippen molar-refractivity contribution in [3.05, 3.63) is 39.1 Å². The highest BCUT2D eigenvalue weighted by atomic mass is 79.9. The molecule has 7 heteroatoms. The summed E-state index contributed by atoms with van der Waals surface area (Å²) in [7, 11) is 0. The van der Waals surface area contributed by atoms with Crippen LogP contribution >= 0.6 is 27.7 Å². The number of nitrogen functional groups attached to an aromatic ring is 2. The molecule has 0 aliphatic carbocycles. The van der Waals surface area contributed by atoms with Crippen molar-refractivity contribution in [1.82, 2.24) is 9.97 Å². The van der Waals surface area contributed by atoms with Gasteiger partial charge in [0.15, 0.2) is 5.16 Å². The van der Waals surface area contributed by atoms with E-state index in [1.54, 1.807) is 12.1 Å². The molecule has 0 saturated carbocycles. The van der Waals surface area contributed by atoms with Crippen molar-refractivity contribution in [2.24, 2.45) is 0 Å². The van der Waals surface area contributed by atoms with E-state index in [1.807, 2.05) is 6.07 Å². The van der Waals surface area contributed by atoms with Crippen LogP contribution in [0, 0.1) is 0 Å². The molecule has 0 saturated heterocycles. The van der Waals surface area contributed by atoms with Crippen molar-refractivity contribution in [3.8, 4) is 0 Å². The van der Waals surface area contributed by atoms with Crippen LogP contribution in [0.3, 0.4) is 0 Å². The molecule has 2 aromatic rings. The summed E-state index contributed by atoms with van der Waals surface area (Å²) in [5.41, 5.74) is 11.5. The van der Waals surface area contributed by atoms with Gasteiger partial charge in [-0.05, 0) is 34.1 Å². The molecule has 0 fully saturated rings. The van der Waals surface area contributed by atoms with E-state index in [0.717, 1.165) is 9.37 Å². The smallest absolute Gasteiger partial charge is 0.253 e. The minimum atomic E-state index is -0.272. The number of benzene rings is 1. The van der Waals surface area contributed by atoms with E-state index in [0.29, 0.717) is 10.8 Å². The van der Waals surface area contributed by atoms with E-state index in [-0.39, 0.29) is 11.4 Å². The predicted molar refractivity (Wildman–Crippen MR) is 71.9 cm³/mol. The largest absolute Gasteiger partial charge is 0.399 e. The van der Waals surface area contributed by atoms with E-state index in [2.05, 4.69) is 25.9 Å². The van der Waals surface area contributed by atoms with Crippen LogP contribution < -0.4 is 17.0 Å². The van der Waals surface area contributed by atoms with Crippen molar-refractivity contribution in [1.29, 1.82) is 0 Å². The molecule has 1 aromatic heterocycles. The van der Waals surface area contributed by atoms with Crippen LogP contribution in [0.1, 0.15) is 0 Å². The highest BCUT2D eigenvalue weighted by Gasteiger charge is 2.05. The Bertz CT molecular complexity index is 613. The van der Waals surface area contributed by atoms with Gasteiger partial charge in [0.1, 0.15) is 5.82 Å². The highest BCUT2D eigenvalue weighted by molar-refractivity contribution is 9.10. The molecule has 0 aliphatic rings. The first-order valence-electron chi connectivity index (χ1n) is 4.64. The maximum Gasteiger partial charge on any atom is 0.253 e. The molecule has 2 rings (SSSR count). The zero-order valence-electron chi connectivity index (χ0n) is 8.61. The fourth-order valence-electron chi connectivity index (χ4n) is 1.21. The summed E-state index contributed by atoms with van der Waals surface area (Å²) < 4.78 is 0.840. The topological polar surface area (TPSA) is 97.8 Å². The number of H-pyrrole nitrogens is 1. The molecule has 5 nitrogen and oxygen atoms in total. The van der Waals surface area contributed by atoms with E-state index < -0.39 is 0 Å². The van der Waals surface area contributed by atoms with Crippen LogP contribution in [0.2, 0.25) is 0 Å². The Hall–Kier alpha value is -1.47. The van der Waals surface area contributed by atoms with Gasteiger partial charge in [-0.3, -0.25) is 4.79 Å². The normalized spacial score (nSPS) is 10.4. The van der Waals surface area contributed by atoms with Gasteiger partial charge in [0.25, 0.3) is 5.56 Å². The quantitative estimate of drug-likeness (QED) is 0.580. The zero-order valence-corrected chi connectivity index (χ0v) is 11.0. The van der Waals surface area contributed by atoms with Gasteiger partial charge in [0, 0.05) is 21.1 Å². The van der Waals surface area contributed by atoms with Crippen molar-refractivity contribution in [2.45, 2.75) is 10.1 Å². The van der Waals surface area contributed by atoms with Crippen molar-refractivity contribution in [3.63, 3.8) is 0 Å². The number of aromatic nitrogens is 2. The first-order valence-corrected chi connectivity index (χ1v) is 6.25. The van der Waals surface area contributed by atoms with Crippen molar-refractivity contribution in [2.75, 3.05) is 11.5 Å². The molecule has 0 unspecified atom stereocenters. The molecule has 0 amide bonds. The molecule has 1 aromatic carbocycles. The molecule has 0 atom stereocenters.